The van der Waals surface area contributed by atoms with Crippen LogP contribution in [0.4, 0.5) is 15.9 Å². The van der Waals surface area contributed by atoms with Gasteiger partial charge in [0.25, 0.3) is 0 Å². The Bertz CT molecular complexity index is 1150. The summed E-state index contributed by atoms with van der Waals surface area (Å²) in [4.78, 5) is 4.63. The summed E-state index contributed by atoms with van der Waals surface area (Å²) in [5.74, 6) is -0.271. The third kappa shape index (κ3) is 2.48. The number of aryl methyl sites for hydroxylation is 1. The van der Waals surface area contributed by atoms with Crippen molar-refractivity contribution in [1.82, 2.24) is 24.8 Å². The van der Waals surface area contributed by atoms with Crippen molar-refractivity contribution in [2.75, 3.05) is 5.73 Å². The molecule has 0 radical (unpaired) electrons. The van der Waals surface area contributed by atoms with Crippen molar-refractivity contribution in [2.24, 2.45) is 7.05 Å². The van der Waals surface area contributed by atoms with Crippen LogP contribution in [-0.4, -0.2) is 24.8 Å². The third-order valence-electron chi connectivity index (χ3n) is 3.80. The van der Waals surface area contributed by atoms with E-state index in [1.165, 1.54) is 16.9 Å². The minimum atomic E-state index is -0.580. The molecule has 2 aromatic heterocycles. The summed E-state index contributed by atoms with van der Waals surface area (Å²) in [5, 5.41) is 12.8. The lowest BCUT2D eigenvalue weighted by molar-refractivity contribution is 0.634. The van der Waals surface area contributed by atoms with Gasteiger partial charge in [-0.1, -0.05) is 12.1 Å². The lowest BCUT2D eigenvalue weighted by Crippen LogP contribution is -2.00. The molecule has 0 bridgehead atoms. The van der Waals surface area contributed by atoms with Crippen molar-refractivity contribution < 1.29 is 4.39 Å². The van der Waals surface area contributed by atoms with Crippen LogP contribution in [0.2, 0.25) is 0 Å². The zero-order valence-electron chi connectivity index (χ0n) is 13.2. The van der Waals surface area contributed by atoms with Gasteiger partial charge in [-0.15, -0.1) is 0 Å². The minimum Gasteiger partial charge on any atom is -0.382 e. The maximum Gasteiger partial charge on any atom is 0.222 e. The molecule has 2 aromatic carbocycles. The van der Waals surface area contributed by atoms with Gasteiger partial charge in [0.1, 0.15) is 22.7 Å². The van der Waals surface area contributed by atoms with Crippen LogP contribution in [0, 0.1) is 12.4 Å². The van der Waals surface area contributed by atoms with E-state index >= 15 is 0 Å². The highest BCUT2D eigenvalue weighted by Crippen LogP contribution is 2.29. The molecule has 2 N–H and O–H groups in total. The van der Waals surface area contributed by atoms with E-state index in [4.69, 9.17) is 12.3 Å². The van der Waals surface area contributed by atoms with Gasteiger partial charge in [-0.05, 0) is 24.3 Å². The van der Waals surface area contributed by atoms with Crippen molar-refractivity contribution in [1.29, 1.82) is 0 Å². The van der Waals surface area contributed by atoms with Gasteiger partial charge < -0.3 is 5.73 Å². The van der Waals surface area contributed by atoms with Crippen LogP contribution in [0.25, 0.3) is 32.8 Å². The summed E-state index contributed by atoms with van der Waals surface area (Å²) >= 11 is 0. The quantitative estimate of drug-likeness (QED) is 0.572. The monoisotopic (exact) mass is 333 g/mol. The van der Waals surface area contributed by atoms with E-state index in [0.717, 1.165) is 16.7 Å². The number of hydrogen-bond acceptors (Lipinski definition) is 4. The number of nitrogens with two attached hydrogens (primary N) is 1. The summed E-state index contributed by atoms with van der Waals surface area (Å²) in [6.07, 6.45) is 0. The molecule has 4 aromatic rings. The first-order valence-electron chi connectivity index (χ1n) is 7.39. The van der Waals surface area contributed by atoms with Crippen LogP contribution in [-0.2, 0) is 7.05 Å². The highest BCUT2D eigenvalue weighted by Gasteiger charge is 2.14. The van der Waals surface area contributed by atoms with E-state index < -0.39 is 5.82 Å². The van der Waals surface area contributed by atoms with Crippen LogP contribution < -0.4 is 5.73 Å². The average molecular weight is 333 g/mol. The number of halogens is 1. The fourth-order valence-corrected chi connectivity index (χ4v) is 2.70. The molecule has 0 unspecified atom stereocenters. The standard InChI is InChI=1S/C17H12FN7/c1-20-13-5-3-10(7-12(13)18)16-9-17(19)23-25(16)11-4-6-14-15(8-11)22-24(2)21-14/h3-9H,2H3,(H2,19,23). The second-order valence-corrected chi connectivity index (χ2v) is 5.51. The second-order valence-electron chi connectivity index (χ2n) is 5.51. The van der Waals surface area contributed by atoms with E-state index in [-0.39, 0.29) is 5.69 Å². The average Bonchev–Trinajstić information content (AvgIpc) is 3.15. The fraction of sp³-hybridized carbons (Fsp3) is 0.0588. The Morgan fingerprint density at radius 2 is 1.84 bits per heavy atom. The predicted molar refractivity (Wildman–Crippen MR) is 91.7 cm³/mol. The highest BCUT2D eigenvalue weighted by atomic mass is 19.1. The van der Waals surface area contributed by atoms with Gasteiger partial charge in [0.15, 0.2) is 0 Å². The minimum absolute atomic E-state index is 0.0243. The van der Waals surface area contributed by atoms with Crippen LogP contribution >= 0.6 is 0 Å². The lowest BCUT2D eigenvalue weighted by atomic mass is 10.1. The van der Waals surface area contributed by atoms with E-state index in [1.807, 2.05) is 18.2 Å². The molecule has 0 spiro atoms. The maximum atomic E-state index is 14.0. The summed E-state index contributed by atoms with van der Waals surface area (Å²) in [6, 6.07) is 11.6. The molecule has 0 fully saturated rings. The summed E-state index contributed by atoms with van der Waals surface area (Å²) in [5.41, 5.74) is 9.25. The third-order valence-corrected chi connectivity index (χ3v) is 3.80. The predicted octanol–water partition coefficient (Wildman–Crippen LogP) is 3.09. The van der Waals surface area contributed by atoms with Gasteiger partial charge in [0.05, 0.1) is 18.0 Å². The largest absolute Gasteiger partial charge is 0.382 e. The Balaban J connectivity index is 1.88. The lowest BCUT2D eigenvalue weighted by Gasteiger charge is -2.08. The summed E-state index contributed by atoms with van der Waals surface area (Å²) in [6.45, 7) is 6.95. The van der Waals surface area contributed by atoms with E-state index in [9.17, 15) is 4.39 Å². The Labute approximate surface area is 141 Å². The molecule has 0 saturated carbocycles. The molecule has 8 heteroatoms. The molecule has 0 aliphatic heterocycles. The topological polar surface area (TPSA) is 78.9 Å². The molecule has 122 valence electrons. The van der Waals surface area contributed by atoms with Crippen LogP contribution in [0.1, 0.15) is 0 Å². The van der Waals surface area contributed by atoms with Gasteiger partial charge in [-0.25, -0.2) is 13.9 Å². The first-order chi connectivity index (χ1) is 12.0. The van der Waals surface area contributed by atoms with Gasteiger partial charge in [-0.2, -0.15) is 20.1 Å². The molecule has 0 saturated heterocycles. The molecule has 0 aliphatic carbocycles. The number of rotatable bonds is 2. The van der Waals surface area contributed by atoms with E-state index in [1.54, 1.807) is 23.9 Å². The fourth-order valence-electron chi connectivity index (χ4n) is 2.70. The van der Waals surface area contributed by atoms with Crippen LogP contribution in [0.15, 0.2) is 42.5 Å². The Kier molecular flexibility index (Phi) is 3.22. The SMILES string of the molecule is [C-]#[N+]c1ccc(-c2cc(N)nn2-c2ccc3nn(C)nc3c2)cc1F. The molecule has 0 aliphatic rings. The molecule has 25 heavy (non-hydrogen) atoms. The highest BCUT2D eigenvalue weighted by molar-refractivity contribution is 5.77. The van der Waals surface area contributed by atoms with Crippen LogP contribution in [0.3, 0.4) is 0 Å². The number of hydrogen-bond donors (Lipinski definition) is 1. The number of anilines is 1. The molecular weight excluding hydrogens is 321 g/mol. The summed E-state index contributed by atoms with van der Waals surface area (Å²) < 4.78 is 15.6. The second kappa shape index (κ2) is 5.42. The van der Waals surface area contributed by atoms with Gasteiger partial charge >= 0.3 is 0 Å². The van der Waals surface area contributed by atoms with E-state index in [2.05, 4.69) is 20.1 Å². The number of nitrogen functional groups attached to an aromatic ring is 1. The molecule has 4 rings (SSSR count). The first-order valence-corrected chi connectivity index (χ1v) is 7.39. The summed E-state index contributed by atoms with van der Waals surface area (Å²) in [7, 11) is 1.75. The smallest absolute Gasteiger partial charge is 0.222 e. The number of nitrogens with zero attached hydrogens (tertiary/aromatic N) is 6. The van der Waals surface area contributed by atoms with Crippen molar-refractivity contribution >= 4 is 22.5 Å². The maximum absolute atomic E-state index is 14.0. The van der Waals surface area contributed by atoms with E-state index in [0.29, 0.717) is 17.1 Å². The van der Waals surface area contributed by atoms with Crippen LogP contribution in [0.5, 0.6) is 0 Å². The molecule has 0 atom stereocenters. The number of benzene rings is 2. The molecule has 2 heterocycles. The zero-order valence-corrected chi connectivity index (χ0v) is 13.2. The Morgan fingerprint density at radius 1 is 1.04 bits per heavy atom. The first kappa shape index (κ1) is 14.8. The number of fused-ring (bicyclic) bond motifs is 1. The molecule has 7 nitrogen and oxygen atoms in total. The molecule has 0 amide bonds. The Hall–Kier alpha value is -3.73. The normalized spacial score (nSPS) is 10.9. The van der Waals surface area contributed by atoms with Crippen molar-refractivity contribution in [3.63, 3.8) is 0 Å². The van der Waals surface area contributed by atoms with Gasteiger partial charge in [0.2, 0.25) is 5.69 Å². The van der Waals surface area contributed by atoms with Crippen molar-refractivity contribution in [3.8, 4) is 16.9 Å². The van der Waals surface area contributed by atoms with Gasteiger partial charge in [0, 0.05) is 18.7 Å². The Morgan fingerprint density at radius 3 is 2.60 bits per heavy atom. The number of aromatic nitrogens is 5. The van der Waals surface area contributed by atoms with Gasteiger partial charge in [-0.3, -0.25) is 0 Å². The zero-order chi connectivity index (χ0) is 17.6. The van der Waals surface area contributed by atoms with Crippen molar-refractivity contribution in [3.05, 3.63) is 59.7 Å². The molecular formula is C17H12FN7. The van der Waals surface area contributed by atoms with Crippen molar-refractivity contribution in [2.45, 2.75) is 0 Å².